The van der Waals surface area contributed by atoms with Crippen LogP contribution >= 0.6 is 0 Å². The molecule has 7 nitrogen and oxygen atoms in total. The standard InChI is InChI=1S/C23H36N4O3/c1-4-18(2)20-5-7-21(8-6-20)24-22(28)17-25-9-11-26(12-10-25)19(3)23(29)27-13-15-30-16-14-27/h5-8,18-19H,4,9-17H2,1-3H3,(H,24,28). The highest BCUT2D eigenvalue weighted by molar-refractivity contribution is 5.92. The van der Waals surface area contributed by atoms with Gasteiger partial charge in [-0.15, -0.1) is 0 Å². The first kappa shape index (κ1) is 22.7. The second-order valence-electron chi connectivity index (χ2n) is 8.41. The van der Waals surface area contributed by atoms with Gasteiger partial charge in [0.2, 0.25) is 11.8 Å². The highest BCUT2D eigenvalue weighted by Crippen LogP contribution is 2.20. The average molecular weight is 417 g/mol. The van der Waals surface area contributed by atoms with Gasteiger partial charge in [-0.25, -0.2) is 0 Å². The summed E-state index contributed by atoms with van der Waals surface area (Å²) in [6.07, 6.45) is 1.11. The van der Waals surface area contributed by atoms with Gasteiger partial charge in [0.25, 0.3) is 0 Å². The van der Waals surface area contributed by atoms with E-state index in [-0.39, 0.29) is 17.9 Å². The Hall–Kier alpha value is -1.96. The first-order valence-corrected chi connectivity index (χ1v) is 11.2. The molecule has 2 atom stereocenters. The summed E-state index contributed by atoms with van der Waals surface area (Å²) in [6.45, 7) is 12.6. The fraction of sp³-hybridized carbons (Fsp3) is 0.652. The predicted octanol–water partition coefficient (Wildman–Crippen LogP) is 2.00. The molecule has 0 bridgehead atoms. The minimum Gasteiger partial charge on any atom is -0.378 e. The van der Waals surface area contributed by atoms with Crippen molar-refractivity contribution in [1.29, 1.82) is 0 Å². The van der Waals surface area contributed by atoms with E-state index in [1.165, 1.54) is 5.56 Å². The summed E-state index contributed by atoms with van der Waals surface area (Å²) in [5.41, 5.74) is 2.14. The fourth-order valence-electron chi connectivity index (χ4n) is 4.05. The predicted molar refractivity (Wildman–Crippen MR) is 119 cm³/mol. The summed E-state index contributed by atoms with van der Waals surface area (Å²) < 4.78 is 5.34. The number of carbonyl (C=O) groups is 2. The summed E-state index contributed by atoms with van der Waals surface area (Å²) in [7, 11) is 0. The number of piperazine rings is 1. The first-order valence-electron chi connectivity index (χ1n) is 11.2. The lowest BCUT2D eigenvalue weighted by atomic mass is 9.99. The van der Waals surface area contributed by atoms with Crippen LogP contribution in [0.4, 0.5) is 5.69 Å². The van der Waals surface area contributed by atoms with Crippen LogP contribution in [0.2, 0.25) is 0 Å². The van der Waals surface area contributed by atoms with Crippen LogP contribution in [0, 0.1) is 0 Å². The monoisotopic (exact) mass is 416 g/mol. The number of benzene rings is 1. The highest BCUT2D eigenvalue weighted by atomic mass is 16.5. The zero-order chi connectivity index (χ0) is 21.5. The van der Waals surface area contributed by atoms with Gasteiger partial charge in [-0.2, -0.15) is 0 Å². The number of nitrogens with zero attached hydrogens (tertiary/aromatic N) is 3. The maximum atomic E-state index is 12.7. The number of morpholine rings is 1. The Morgan fingerprint density at radius 2 is 1.63 bits per heavy atom. The van der Waals surface area contributed by atoms with Crippen molar-refractivity contribution in [2.24, 2.45) is 0 Å². The van der Waals surface area contributed by atoms with E-state index in [0.717, 1.165) is 38.3 Å². The molecule has 30 heavy (non-hydrogen) atoms. The van der Waals surface area contributed by atoms with Crippen LogP contribution < -0.4 is 5.32 Å². The summed E-state index contributed by atoms with van der Waals surface area (Å²) in [6, 6.07) is 8.03. The topological polar surface area (TPSA) is 65.1 Å². The molecule has 7 heteroatoms. The van der Waals surface area contributed by atoms with Crippen LogP contribution in [-0.4, -0.2) is 91.6 Å². The number of hydrogen-bond donors (Lipinski definition) is 1. The van der Waals surface area contributed by atoms with Gasteiger partial charge in [0.05, 0.1) is 25.8 Å². The number of carbonyl (C=O) groups excluding carboxylic acids is 2. The number of ether oxygens (including phenoxy) is 1. The molecule has 3 rings (SSSR count). The van der Waals surface area contributed by atoms with Crippen LogP contribution in [0.25, 0.3) is 0 Å². The summed E-state index contributed by atoms with van der Waals surface area (Å²) in [5.74, 6) is 0.728. The number of rotatable bonds is 7. The maximum absolute atomic E-state index is 12.7. The maximum Gasteiger partial charge on any atom is 0.239 e. The molecule has 2 saturated heterocycles. The lowest BCUT2D eigenvalue weighted by Gasteiger charge is -2.39. The second-order valence-corrected chi connectivity index (χ2v) is 8.41. The molecule has 2 heterocycles. The molecule has 0 saturated carbocycles. The van der Waals surface area contributed by atoms with Crippen molar-refractivity contribution in [3.8, 4) is 0 Å². The minimum atomic E-state index is -0.122. The first-order chi connectivity index (χ1) is 14.5. The van der Waals surface area contributed by atoms with E-state index in [1.807, 2.05) is 24.0 Å². The van der Waals surface area contributed by atoms with Gasteiger partial charge in [-0.05, 0) is 37.0 Å². The van der Waals surface area contributed by atoms with Gasteiger partial charge in [0.15, 0.2) is 0 Å². The molecule has 2 unspecified atom stereocenters. The van der Waals surface area contributed by atoms with E-state index >= 15 is 0 Å². The molecule has 0 radical (unpaired) electrons. The van der Waals surface area contributed by atoms with Gasteiger partial charge in [0.1, 0.15) is 0 Å². The second kappa shape index (κ2) is 10.9. The van der Waals surface area contributed by atoms with Crippen molar-refractivity contribution in [2.45, 2.75) is 39.2 Å². The quantitative estimate of drug-likeness (QED) is 0.737. The van der Waals surface area contributed by atoms with Gasteiger partial charge in [-0.1, -0.05) is 26.0 Å². The number of nitrogens with one attached hydrogen (secondary N) is 1. The molecule has 1 aromatic rings. The lowest BCUT2D eigenvalue weighted by molar-refractivity contribution is -0.141. The van der Waals surface area contributed by atoms with E-state index in [4.69, 9.17) is 4.74 Å². The lowest BCUT2D eigenvalue weighted by Crippen LogP contribution is -2.56. The Bertz CT molecular complexity index is 695. The molecular weight excluding hydrogens is 380 g/mol. The summed E-state index contributed by atoms with van der Waals surface area (Å²) in [4.78, 5) is 31.4. The third kappa shape index (κ3) is 6.03. The third-order valence-electron chi connectivity index (χ3n) is 6.38. The molecule has 2 aliphatic rings. The number of amides is 2. The normalized spacial score (nSPS) is 20.6. The molecule has 0 spiro atoms. The Morgan fingerprint density at radius 3 is 2.23 bits per heavy atom. The van der Waals surface area contributed by atoms with Crippen LogP contribution in [0.3, 0.4) is 0 Å². The Morgan fingerprint density at radius 1 is 1.00 bits per heavy atom. The van der Waals surface area contributed by atoms with Gasteiger partial charge in [0, 0.05) is 45.0 Å². The van der Waals surface area contributed by atoms with Crippen molar-refractivity contribution in [1.82, 2.24) is 14.7 Å². The molecule has 2 amide bonds. The van der Waals surface area contributed by atoms with Gasteiger partial charge < -0.3 is 15.0 Å². The molecular formula is C23H36N4O3. The van der Waals surface area contributed by atoms with Crippen LogP contribution in [0.5, 0.6) is 0 Å². The van der Waals surface area contributed by atoms with Crippen molar-refractivity contribution in [3.63, 3.8) is 0 Å². The van der Waals surface area contributed by atoms with Crippen molar-refractivity contribution in [2.75, 3.05) is 64.3 Å². The molecule has 2 fully saturated rings. The van der Waals surface area contributed by atoms with E-state index in [0.29, 0.717) is 38.8 Å². The molecule has 0 aromatic heterocycles. The van der Waals surface area contributed by atoms with Crippen molar-refractivity contribution >= 4 is 17.5 Å². The van der Waals surface area contributed by atoms with Crippen molar-refractivity contribution in [3.05, 3.63) is 29.8 Å². The Labute approximate surface area is 180 Å². The van der Waals surface area contributed by atoms with E-state index in [9.17, 15) is 9.59 Å². The molecule has 166 valence electrons. The smallest absolute Gasteiger partial charge is 0.239 e. The molecule has 2 aliphatic heterocycles. The fourth-order valence-corrected chi connectivity index (χ4v) is 4.05. The van der Waals surface area contributed by atoms with Crippen molar-refractivity contribution < 1.29 is 14.3 Å². The largest absolute Gasteiger partial charge is 0.378 e. The number of anilines is 1. The average Bonchev–Trinajstić information content (AvgIpc) is 2.79. The zero-order valence-corrected chi connectivity index (χ0v) is 18.6. The minimum absolute atomic E-state index is 0.0113. The Kier molecular flexibility index (Phi) is 8.24. The molecule has 1 aromatic carbocycles. The summed E-state index contributed by atoms with van der Waals surface area (Å²) >= 11 is 0. The SMILES string of the molecule is CCC(C)c1ccc(NC(=O)CN2CCN(C(C)C(=O)N3CCOCC3)CC2)cc1. The van der Waals surface area contributed by atoms with E-state index < -0.39 is 0 Å². The summed E-state index contributed by atoms with van der Waals surface area (Å²) in [5, 5.41) is 3.00. The van der Waals surface area contributed by atoms with Gasteiger partial charge in [-0.3, -0.25) is 19.4 Å². The third-order valence-corrected chi connectivity index (χ3v) is 6.38. The van der Waals surface area contributed by atoms with Crippen LogP contribution in [0.1, 0.15) is 38.7 Å². The van der Waals surface area contributed by atoms with Gasteiger partial charge >= 0.3 is 0 Å². The van der Waals surface area contributed by atoms with Crippen LogP contribution in [0.15, 0.2) is 24.3 Å². The number of hydrogen-bond acceptors (Lipinski definition) is 5. The highest BCUT2D eigenvalue weighted by Gasteiger charge is 2.29. The molecule has 1 N–H and O–H groups in total. The van der Waals surface area contributed by atoms with E-state index in [1.54, 1.807) is 0 Å². The van der Waals surface area contributed by atoms with E-state index in [2.05, 4.69) is 41.1 Å². The molecule has 0 aliphatic carbocycles. The van der Waals surface area contributed by atoms with Crippen LogP contribution in [-0.2, 0) is 14.3 Å². The Balaban J connectivity index is 1.41. The zero-order valence-electron chi connectivity index (χ0n) is 18.6.